The fourth-order valence-electron chi connectivity index (χ4n) is 2.43. The predicted molar refractivity (Wildman–Crippen MR) is 103 cm³/mol. The van der Waals surface area contributed by atoms with Gasteiger partial charge in [0, 0.05) is 5.56 Å². The van der Waals surface area contributed by atoms with E-state index in [0.29, 0.717) is 17.2 Å². The van der Waals surface area contributed by atoms with Gasteiger partial charge in [-0.3, -0.25) is 4.79 Å². The van der Waals surface area contributed by atoms with Gasteiger partial charge in [-0.25, -0.2) is 0 Å². The van der Waals surface area contributed by atoms with Crippen LogP contribution in [0.3, 0.4) is 0 Å². The number of nitrogens with one attached hydrogen (secondary N) is 1. The number of carbonyl (C=O) groups is 1. The van der Waals surface area contributed by atoms with E-state index in [1.807, 2.05) is 0 Å². The van der Waals surface area contributed by atoms with Gasteiger partial charge in [0.25, 0.3) is 5.91 Å². The molecule has 6 nitrogen and oxygen atoms in total. The molecule has 0 bridgehead atoms. The van der Waals surface area contributed by atoms with Crippen LogP contribution in [0, 0.1) is 11.8 Å². The van der Waals surface area contributed by atoms with Crippen molar-refractivity contribution in [1.82, 2.24) is 5.32 Å². The molecule has 1 amide bonds. The summed E-state index contributed by atoms with van der Waals surface area (Å²) < 4.78 is 58.8. The smallest absolute Gasteiger partial charge is 0.416 e. The summed E-state index contributed by atoms with van der Waals surface area (Å²) in [5.41, 5.74) is -0.517. The van der Waals surface area contributed by atoms with Crippen molar-refractivity contribution < 1.29 is 36.9 Å². The van der Waals surface area contributed by atoms with Crippen molar-refractivity contribution in [1.29, 1.82) is 0 Å². The lowest BCUT2D eigenvalue weighted by Gasteiger charge is -2.13. The summed E-state index contributed by atoms with van der Waals surface area (Å²) in [6, 6.07) is 7.51. The molecule has 30 heavy (non-hydrogen) atoms. The van der Waals surface area contributed by atoms with Gasteiger partial charge in [-0.05, 0) is 30.3 Å². The van der Waals surface area contributed by atoms with E-state index < -0.39 is 17.6 Å². The van der Waals surface area contributed by atoms with Gasteiger partial charge in [0.2, 0.25) is 5.75 Å². The lowest BCUT2D eigenvalue weighted by atomic mass is 10.1. The summed E-state index contributed by atoms with van der Waals surface area (Å²) >= 11 is 0. The standard InChI is InChI=1S/C21H20F3NO5/c1-27-17-11-14(12-18(28-2)19(17)29-3)20(26)25-9-4-5-10-30-16-8-6-7-15(13-16)21(22,23)24/h6-8,11-13H,9-10H2,1-3H3,(H,25,26). The molecule has 160 valence electrons. The van der Waals surface area contributed by atoms with Crippen LogP contribution in [0.25, 0.3) is 0 Å². The molecule has 2 aromatic carbocycles. The average molecular weight is 423 g/mol. The first-order chi connectivity index (χ1) is 14.3. The van der Waals surface area contributed by atoms with Crippen LogP contribution in [-0.2, 0) is 6.18 Å². The third-order valence-electron chi connectivity index (χ3n) is 3.86. The molecule has 1 N–H and O–H groups in total. The van der Waals surface area contributed by atoms with Crippen LogP contribution >= 0.6 is 0 Å². The Kier molecular flexibility index (Phi) is 7.81. The SMILES string of the molecule is COc1cc(C(=O)NCC#CCOc2cccc(C(F)(F)F)c2)cc(OC)c1OC. The maximum Gasteiger partial charge on any atom is 0.416 e. The fourth-order valence-corrected chi connectivity index (χ4v) is 2.43. The summed E-state index contributed by atoms with van der Waals surface area (Å²) in [6.45, 7) is -0.108. The van der Waals surface area contributed by atoms with Crippen molar-refractivity contribution in [3.8, 4) is 34.8 Å². The largest absolute Gasteiger partial charge is 0.493 e. The monoisotopic (exact) mass is 423 g/mol. The minimum atomic E-state index is -4.44. The topological polar surface area (TPSA) is 66.0 Å². The molecule has 2 aromatic rings. The number of benzene rings is 2. The number of methoxy groups -OCH3 is 3. The van der Waals surface area contributed by atoms with Crippen molar-refractivity contribution in [3.63, 3.8) is 0 Å². The first kappa shape index (κ1) is 22.7. The van der Waals surface area contributed by atoms with Crippen LogP contribution in [-0.4, -0.2) is 40.4 Å². The van der Waals surface area contributed by atoms with E-state index in [1.54, 1.807) is 0 Å². The Morgan fingerprint density at radius 3 is 2.23 bits per heavy atom. The molecular weight excluding hydrogens is 403 g/mol. The molecule has 0 aliphatic carbocycles. The van der Waals surface area contributed by atoms with E-state index in [4.69, 9.17) is 18.9 Å². The summed E-state index contributed by atoms with van der Waals surface area (Å²) in [5, 5.41) is 2.60. The van der Waals surface area contributed by atoms with Crippen LogP contribution in [0.2, 0.25) is 0 Å². The van der Waals surface area contributed by atoms with Gasteiger partial charge < -0.3 is 24.3 Å². The molecule has 0 radical (unpaired) electrons. The second-order valence-corrected chi connectivity index (χ2v) is 5.76. The van der Waals surface area contributed by atoms with Gasteiger partial charge >= 0.3 is 6.18 Å². The van der Waals surface area contributed by atoms with Crippen molar-refractivity contribution in [2.24, 2.45) is 0 Å². The fraction of sp³-hybridized carbons (Fsp3) is 0.286. The lowest BCUT2D eigenvalue weighted by molar-refractivity contribution is -0.137. The number of amides is 1. The molecule has 0 aliphatic heterocycles. The molecule has 2 rings (SSSR count). The number of alkyl halides is 3. The number of hydrogen-bond donors (Lipinski definition) is 1. The first-order valence-electron chi connectivity index (χ1n) is 8.64. The Bertz CT molecular complexity index is 923. The Labute approximate surface area is 171 Å². The summed E-state index contributed by atoms with van der Waals surface area (Å²) in [6.07, 6.45) is -4.44. The van der Waals surface area contributed by atoms with Crippen molar-refractivity contribution in [3.05, 3.63) is 47.5 Å². The van der Waals surface area contributed by atoms with Crippen molar-refractivity contribution in [2.75, 3.05) is 34.5 Å². The summed E-state index contributed by atoms with van der Waals surface area (Å²) in [5.74, 6) is 5.97. The molecule has 0 spiro atoms. The zero-order valence-corrected chi connectivity index (χ0v) is 16.6. The Balaban J connectivity index is 1.91. The molecule has 0 aliphatic rings. The highest BCUT2D eigenvalue weighted by Gasteiger charge is 2.30. The van der Waals surface area contributed by atoms with Crippen LogP contribution in [0.4, 0.5) is 13.2 Å². The highest BCUT2D eigenvalue weighted by Crippen LogP contribution is 2.38. The molecule has 0 aromatic heterocycles. The lowest BCUT2D eigenvalue weighted by Crippen LogP contribution is -2.23. The van der Waals surface area contributed by atoms with E-state index in [9.17, 15) is 18.0 Å². The minimum Gasteiger partial charge on any atom is -0.493 e. The number of ether oxygens (including phenoxy) is 4. The molecule has 0 heterocycles. The third kappa shape index (κ3) is 5.98. The zero-order valence-electron chi connectivity index (χ0n) is 16.6. The Morgan fingerprint density at radius 2 is 1.67 bits per heavy atom. The molecule has 0 saturated carbocycles. The minimum absolute atomic E-state index is 0.0153. The highest BCUT2D eigenvalue weighted by molar-refractivity contribution is 5.95. The van der Waals surface area contributed by atoms with Gasteiger partial charge in [-0.2, -0.15) is 13.2 Å². The van der Waals surface area contributed by atoms with E-state index in [2.05, 4.69) is 17.2 Å². The third-order valence-corrected chi connectivity index (χ3v) is 3.86. The molecule has 0 saturated heterocycles. The van der Waals surface area contributed by atoms with E-state index in [0.717, 1.165) is 12.1 Å². The van der Waals surface area contributed by atoms with E-state index >= 15 is 0 Å². The van der Waals surface area contributed by atoms with Gasteiger partial charge in [0.1, 0.15) is 12.4 Å². The Morgan fingerprint density at radius 1 is 1.00 bits per heavy atom. The van der Waals surface area contributed by atoms with Crippen LogP contribution in [0.5, 0.6) is 23.0 Å². The normalized spacial score (nSPS) is 10.5. The second-order valence-electron chi connectivity index (χ2n) is 5.76. The Hall–Kier alpha value is -3.54. The number of carbonyl (C=O) groups excluding carboxylic acids is 1. The van der Waals surface area contributed by atoms with E-state index in [1.165, 1.54) is 45.6 Å². The van der Waals surface area contributed by atoms with Crippen molar-refractivity contribution >= 4 is 5.91 Å². The molecule has 0 unspecified atom stereocenters. The second kappa shape index (κ2) is 10.3. The highest BCUT2D eigenvalue weighted by atomic mass is 19.4. The van der Waals surface area contributed by atoms with E-state index in [-0.39, 0.29) is 24.5 Å². The maximum atomic E-state index is 12.7. The van der Waals surface area contributed by atoms with Gasteiger partial charge in [-0.15, -0.1) is 0 Å². The summed E-state index contributed by atoms with van der Waals surface area (Å²) in [4.78, 5) is 12.3. The first-order valence-corrected chi connectivity index (χ1v) is 8.64. The van der Waals surface area contributed by atoms with Crippen LogP contribution in [0.1, 0.15) is 15.9 Å². The van der Waals surface area contributed by atoms with Crippen LogP contribution < -0.4 is 24.3 Å². The molecule has 0 atom stereocenters. The van der Waals surface area contributed by atoms with Gasteiger partial charge in [0.15, 0.2) is 11.5 Å². The summed E-state index contributed by atoms with van der Waals surface area (Å²) in [7, 11) is 4.33. The quantitative estimate of drug-likeness (QED) is 0.690. The van der Waals surface area contributed by atoms with Gasteiger partial charge in [-0.1, -0.05) is 17.9 Å². The number of rotatable bonds is 7. The predicted octanol–water partition coefficient (Wildman–Crippen LogP) is 3.54. The van der Waals surface area contributed by atoms with Crippen LogP contribution in [0.15, 0.2) is 36.4 Å². The van der Waals surface area contributed by atoms with Crippen molar-refractivity contribution in [2.45, 2.75) is 6.18 Å². The maximum absolute atomic E-state index is 12.7. The average Bonchev–Trinajstić information content (AvgIpc) is 2.74. The number of hydrogen-bond acceptors (Lipinski definition) is 5. The molecular formula is C21H20F3NO5. The molecule has 0 fully saturated rings. The van der Waals surface area contributed by atoms with Gasteiger partial charge in [0.05, 0.1) is 33.4 Å². The molecule has 9 heteroatoms. The zero-order chi connectivity index (χ0) is 22.1. The number of halogens is 3.